The molecule has 1 aromatic carbocycles. The Morgan fingerprint density at radius 1 is 1.29 bits per heavy atom. The van der Waals surface area contributed by atoms with Gasteiger partial charge in [-0.2, -0.15) is 0 Å². The highest BCUT2D eigenvalue weighted by Gasteiger charge is 2.33. The normalized spacial score (nSPS) is 29.4. The van der Waals surface area contributed by atoms with Crippen LogP contribution in [-0.2, 0) is 17.8 Å². The van der Waals surface area contributed by atoms with E-state index in [1.165, 1.54) is 17.5 Å². The van der Waals surface area contributed by atoms with Crippen LogP contribution in [0.25, 0.3) is 0 Å². The molecule has 4 rings (SSSR count). The average molecular weight is 330 g/mol. The van der Waals surface area contributed by atoms with Crippen LogP contribution in [0.3, 0.4) is 0 Å². The molecule has 0 spiro atoms. The van der Waals surface area contributed by atoms with Gasteiger partial charge in [-0.3, -0.25) is 4.90 Å². The second-order valence-corrected chi connectivity index (χ2v) is 6.90. The molecule has 0 amide bonds. The first-order valence-electron chi connectivity index (χ1n) is 8.91. The quantitative estimate of drug-likeness (QED) is 0.732. The second kappa shape index (κ2) is 7.09. The lowest BCUT2D eigenvalue weighted by Gasteiger charge is -2.24. The third-order valence-corrected chi connectivity index (χ3v) is 5.32. The SMILES string of the molecule is OCC1CCCN1Cc1ccccc1CNC1=N[C@@H]2COC[C@@H]2N1. The fraction of sp³-hybridized carbons (Fsp3) is 0.611. The number of benzene rings is 1. The van der Waals surface area contributed by atoms with Crippen LogP contribution in [0.4, 0.5) is 0 Å². The molecule has 6 heteroatoms. The van der Waals surface area contributed by atoms with Crippen molar-refractivity contribution < 1.29 is 9.84 Å². The summed E-state index contributed by atoms with van der Waals surface area (Å²) in [5.74, 6) is 0.887. The average Bonchev–Trinajstić information content (AvgIpc) is 3.29. The summed E-state index contributed by atoms with van der Waals surface area (Å²) in [6.45, 7) is 4.46. The van der Waals surface area contributed by atoms with Crippen LogP contribution in [0.1, 0.15) is 24.0 Å². The van der Waals surface area contributed by atoms with Gasteiger partial charge in [-0.15, -0.1) is 0 Å². The van der Waals surface area contributed by atoms with Gasteiger partial charge >= 0.3 is 0 Å². The van der Waals surface area contributed by atoms with Crippen molar-refractivity contribution >= 4 is 5.96 Å². The third-order valence-electron chi connectivity index (χ3n) is 5.32. The van der Waals surface area contributed by atoms with E-state index in [0.717, 1.165) is 45.2 Å². The summed E-state index contributed by atoms with van der Waals surface area (Å²) in [6.07, 6.45) is 2.28. The maximum Gasteiger partial charge on any atom is 0.192 e. The molecule has 3 aliphatic heterocycles. The highest BCUT2D eigenvalue weighted by Crippen LogP contribution is 2.21. The Kier molecular flexibility index (Phi) is 4.69. The first kappa shape index (κ1) is 15.9. The fourth-order valence-electron chi connectivity index (χ4n) is 3.88. The van der Waals surface area contributed by atoms with E-state index < -0.39 is 0 Å². The summed E-state index contributed by atoms with van der Waals surface area (Å²) in [7, 11) is 0. The van der Waals surface area contributed by atoms with Crippen molar-refractivity contribution in [2.24, 2.45) is 4.99 Å². The maximum absolute atomic E-state index is 9.52. The lowest BCUT2D eigenvalue weighted by atomic mass is 10.1. The van der Waals surface area contributed by atoms with Gasteiger partial charge in [0.1, 0.15) is 0 Å². The van der Waals surface area contributed by atoms with Crippen LogP contribution in [0.2, 0.25) is 0 Å². The summed E-state index contributed by atoms with van der Waals surface area (Å²) in [6, 6.07) is 9.44. The number of ether oxygens (including phenoxy) is 1. The van der Waals surface area contributed by atoms with E-state index in [9.17, 15) is 5.11 Å². The molecule has 0 radical (unpaired) electrons. The Morgan fingerprint density at radius 3 is 3.00 bits per heavy atom. The van der Waals surface area contributed by atoms with Gasteiger partial charge < -0.3 is 20.5 Å². The topological polar surface area (TPSA) is 69.1 Å². The lowest BCUT2D eigenvalue weighted by Crippen LogP contribution is -2.40. The zero-order valence-corrected chi connectivity index (χ0v) is 13.9. The zero-order chi connectivity index (χ0) is 16.4. The highest BCUT2D eigenvalue weighted by atomic mass is 16.5. The number of guanidine groups is 1. The minimum atomic E-state index is 0.256. The number of aliphatic hydroxyl groups excluding tert-OH is 1. The van der Waals surface area contributed by atoms with E-state index in [-0.39, 0.29) is 12.6 Å². The first-order valence-corrected chi connectivity index (χ1v) is 8.91. The van der Waals surface area contributed by atoms with Gasteiger partial charge in [-0.05, 0) is 30.5 Å². The molecule has 0 saturated carbocycles. The number of nitrogens with one attached hydrogen (secondary N) is 2. The van der Waals surface area contributed by atoms with Crippen molar-refractivity contribution in [2.45, 2.75) is 44.1 Å². The molecule has 2 saturated heterocycles. The molecule has 24 heavy (non-hydrogen) atoms. The van der Waals surface area contributed by atoms with Crippen molar-refractivity contribution in [3.8, 4) is 0 Å². The molecule has 0 aromatic heterocycles. The maximum atomic E-state index is 9.52. The van der Waals surface area contributed by atoms with Crippen LogP contribution in [0.5, 0.6) is 0 Å². The van der Waals surface area contributed by atoms with Gasteiger partial charge in [0.2, 0.25) is 0 Å². The van der Waals surface area contributed by atoms with Gasteiger partial charge in [0.15, 0.2) is 5.96 Å². The van der Waals surface area contributed by atoms with Crippen LogP contribution >= 0.6 is 0 Å². The minimum absolute atomic E-state index is 0.256. The number of rotatable bonds is 5. The van der Waals surface area contributed by atoms with Crippen LogP contribution < -0.4 is 10.6 Å². The lowest BCUT2D eigenvalue weighted by molar-refractivity contribution is 0.153. The molecule has 3 heterocycles. The molecular formula is C18H26N4O2. The van der Waals surface area contributed by atoms with Crippen molar-refractivity contribution in [3.05, 3.63) is 35.4 Å². The summed E-state index contributed by atoms with van der Waals surface area (Å²) >= 11 is 0. The summed E-state index contributed by atoms with van der Waals surface area (Å²) < 4.78 is 5.41. The van der Waals surface area contributed by atoms with Crippen LogP contribution in [0, 0.1) is 0 Å². The third kappa shape index (κ3) is 3.27. The molecule has 3 atom stereocenters. The smallest absolute Gasteiger partial charge is 0.192 e. The molecule has 6 nitrogen and oxygen atoms in total. The Bertz CT molecular complexity index is 606. The highest BCUT2D eigenvalue weighted by molar-refractivity contribution is 5.82. The molecule has 2 fully saturated rings. The molecule has 3 N–H and O–H groups in total. The van der Waals surface area contributed by atoms with E-state index >= 15 is 0 Å². The zero-order valence-electron chi connectivity index (χ0n) is 13.9. The number of nitrogens with zero attached hydrogens (tertiary/aromatic N) is 2. The van der Waals surface area contributed by atoms with Crippen molar-refractivity contribution in [1.82, 2.24) is 15.5 Å². The summed E-state index contributed by atoms with van der Waals surface area (Å²) in [5.41, 5.74) is 2.62. The monoisotopic (exact) mass is 330 g/mol. The number of aliphatic imine (C=N–C) groups is 1. The van der Waals surface area contributed by atoms with Crippen LogP contribution in [-0.4, -0.2) is 60.5 Å². The number of hydrogen-bond donors (Lipinski definition) is 3. The fourth-order valence-corrected chi connectivity index (χ4v) is 3.88. The molecule has 1 unspecified atom stereocenters. The number of likely N-dealkylation sites (tertiary alicyclic amines) is 1. The molecule has 3 aliphatic rings. The van der Waals surface area contributed by atoms with E-state index in [4.69, 9.17) is 4.74 Å². The molecular weight excluding hydrogens is 304 g/mol. The Labute approximate surface area is 142 Å². The number of aliphatic hydroxyl groups is 1. The largest absolute Gasteiger partial charge is 0.395 e. The standard InChI is InChI=1S/C18H26N4O2/c23-10-15-6-3-7-22(15)9-14-5-2-1-4-13(14)8-19-18-20-16-11-24-12-17(16)21-18/h1-2,4-5,15-17,23H,3,6-12H2,(H2,19,20,21)/t15?,16-,17+. The van der Waals surface area contributed by atoms with E-state index in [0.29, 0.717) is 12.1 Å². The molecule has 0 bridgehead atoms. The van der Waals surface area contributed by atoms with Crippen molar-refractivity contribution in [3.63, 3.8) is 0 Å². The van der Waals surface area contributed by atoms with Crippen molar-refractivity contribution in [1.29, 1.82) is 0 Å². The van der Waals surface area contributed by atoms with Gasteiger partial charge in [-0.1, -0.05) is 24.3 Å². The predicted octanol–water partition coefficient (Wildman–Crippen LogP) is 0.460. The van der Waals surface area contributed by atoms with Gasteiger partial charge in [-0.25, -0.2) is 4.99 Å². The van der Waals surface area contributed by atoms with Crippen LogP contribution in [0.15, 0.2) is 29.3 Å². The Balaban J connectivity index is 1.39. The van der Waals surface area contributed by atoms with E-state index in [1.807, 2.05) is 0 Å². The minimum Gasteiger partial charge on any atom is -0.395 e. The van der Waals surface area contributed by atoms with Gasteiger partial charge in [0, 0.05) is 19.1 Å². The van der Waals surface area contributed by atoms with Gasteiger partial charge in [0.05, 0.1) is 31.9 Å². The second-order valence-electron chi connectivity index (χ2n) is 6.90. The summed E-state index contributed by atoms with van der Waals surface area (Å²) in [4.78, 5) is 7.04. The molecule has 130 valence electrons. The van der Waals surface area contributed by atoms with Gasteiger partial charge in [0.25, 0.3) is 0 Å². The predicted molar refractivity (Wildman–Crippen MR) is 92.8 cm³/mol. The molecule has 0 aliphatic carbocycles. The molecule has 1 aromatic rings. The Hall–Kier alpha value is -1.63. The van der Waals surface area contributed by atoms with E-state index in [1.54, 1.807) is 0 Å². The first-order chi connectivity index (χ1) is 11.8. The van der Waals surface area contributed by atoms with E-state index in [2.05, 4.69) is 44.8 Å². The number of fused-ring (bicyclic) bond motifs is 1. The Morgan fingerprint density at radius 2 is 2.17 bits per heavy atom. The number of hydrogen-bond acceptors (Lipinski definition) is 6. The summed E-state index contributed by atoms with van der Waals surface area (Å²) in [5, 5.41) is 16.4. The van der Waals surface area contributed by atoms with Crippen molar-refractivity contribution in [2.75, 3.05) is 26.4 Å².